The van der Waals surface area contributed by atoms with Crippen LogP contribution in [-0.2, 0) is 0 Å². The van der Waals surface area contributed by atoms with Crippen LogP contribution in [0.3, 0.4) is 0 Å². The lowest BCUT2D eigenvalue weighted by atomic mass is 10.1. The van der Waals surface area contributed by atoms with Crippen LogP contribution in [0.15, 0.2) is 36.4 Å². The Morgan fingerprint density at radius 2 is 1.48 bits per heavy atom. The van der Waals surface area contributed by atoms with Crippen molar-refractivity contribution in [3.63, 3.8) is 0 Å². The van der Waals surface area contributed by atoms with Gasteiger partial charge >= 0.3 is 0 Å². The van der Waals surface area contributed by atoms with Crippen molar-refractivity contribution in [1.29, 1.82) is 0 Å². The summed E-state index contributed by atoms with van der Waals surface area (Å²) in [4.78, 5) is 17.9. The van der Waals surface area contributed by atoms with Crippen molar-refractivity contribution in [3.8, 4) is 0 Å². The molecule has 0 N–H and O–H groups in total. The van der Waals surface area contributed by atoms with Gasteiger partial charge in [0, 0.05) is 43.3 Å². The van der Waals surface area contributed by atoms with Crippen molar-refractivity contribution in [2.24, 2.45) is 0 Å². The Hall–Kier alpha value is -2.40. The molecule has 0 unspecified atom stereocenters. The normalized spacial score (nSPS) is 15.0. The number of hydrogen-bond donors (Lipinski definition) is 0. The SMILES string of the molecule is Cc1cc(N2CCN(c3cc(C)c4ccccc4n3)CC2)nc(Cl)n1. The zero-order valence-corrected chi connectivity index (χ0v) is 15.2. The van der Waals surface area contributed by atoms with E-state index in [0.717, 1.165) is 49.0 Å². The predicted molar refractivity (Wildman–Crippen MR) is 103 cm³/mol. The summed E-state index contributed by atoms with van der Waals surface area (Å²) in [6.45, 7) is 7.68. The van der Waals surface area contributed by atoms with E-state index in [1.54, 1.807) is 0 Å². The molecule has 25 heavy (non-hydrogen) atoms. The Kier molecular flexibility index (Phi) is 4.17. The van der Waals surface area contributed by atoms with Crippen LogP contribution in [0.2, 0.25) is 5.28 Å². The van der Waals surface area contributed by atoms with Gasteiger partial charge in [-0.2, -0.15) is 0 Å². The highest BCUT2D eigenvalue weighted by atomic mass is 35.5. The summed E-state index contributed by atoms with van der Waals surface area (Å²) in [5.41, 5.74) is 3.21. The van der Waals surface area contributed by atoms with Crippen LogP contribution in [-0.4, -0.2) is 41.1 Å². The summed E-state index contributed by atoms with van der Waals surface area (Å²) in [6, 6.07) is 12.5. The molecular weight excluding hydrogens is 334 g/mol. The minimum absolute atomic E-state index is 0.309. The summed E-state index contributed by atoms with van der Waals surface area (Å²) in [6.07, 6.45) is 0. The minimum atomic E-state index is 0.309. The number of piperazine rings is 1. The molecule has 128 valence electrons. The first kappa shape index (κ1) is 16.1. The molecule has 3 heterocycles. The van der Waals surface area contributed by atoms with Crippen molar-refractivity contribution in [3.05, 3.63) is 52.9 Å². The lowest BCUT2D eigenvalue weighted by Gasteiger charge is -2.36. The van der Waals surface area contributed by atoms with Gasteiger partial charge in [0.1, 0.15) is 11.6 Å². The molecule has 6 heteroatoms. The first-order valence-corrected chi connectivity index (χ1v) is 8.85. The number of aryl methyl sites for hydroxylation is 2. The number of pyridine rings is 1. The van der Waals surface area contributed by atoms with E-state index in [2.05, 4.69) is 51.0 Å². The maximum absolute atomic E-state index is 6.00. The molecule has 0 amide bonds. The molecule has 3 aromatic rings. The monoisotopic (exact) mass is 353 g/mol. The van der Waals surface area contributed by atoms with Gasteiger partial charge in [-0.1, -0.05) is 18.2 Å². The van der Waals surface area contributed by atoms with E-state index in [4.69, 9.17) is 16.6 Å². The fourth-order valence-corrected chi connectivity index (χ4v) is 3.56. The highest BCUT2D eigenvalue weighted by Gasteiger charge is 2.20. The molecule has 0 atom stereocenters. The van der Waals surface area contributed by atoms with Crippen molar-refractivity contribution < 1.29 is 0 Å². The van der Waals surface area contributed by atoms with Gasteiger partial charge in [-0.15, -0.1) is 0 Å². The summed E-state index contributed by atoms with van der Waals surface area (Å²) < 4.78 is 0. The van der Waals surface area contributed by atoms with Crippen LogP contribution in [0.4, 0.5) is 11.6 Å². The van der Waals surface area contributed by atoms with Crippen LogP contribution in [0.5, 0.6) is 0 Å². The third kappa shape index (κ3) is 3.24. The second-order valence-electron chi connectivity index (χ2n) is 6.43. The van der Waals surface area contributed by atoms with Gasteiger partial charge in [0.05, 0.1) is 5.52 Å². The van der Waals surface area contributed by atoms with E-state index >= 15 is 0 Å². The predicted octanol–water partition coefficient (Wildman–Crippen LogP) is 3.62. The van der Waals surface area contributed by atoms with E-state index in [0.29, 0.717) is 5.28 Å². The summed E-state index contributed by atoms with van der Waals surface area (Å²) in [7, 11) is 0. The molecule has 4 rings (SSSR count). The van der Waals surface area contributed by atoms with Crippen LogP contribution < -0.4 is 9.80 Å². The number of anilines is 2. The standard InChI is InChI=1S/C19H20ClN5/c1-13-11-17(22-16-6-4-3-5-15(13)16)24-7-9-25(10-8-24)18-12-14(2)21-19(20)23-18/h3-6,11-12H,7-10H2,1-2H3. The number of halogens is 1. The lowest BCUT2D eigenvalue weighted by Crippen LogP contribution is -2.47. The van der Waals surface area contributed by atoms with Gasteiger partial charge < -0.3 is 9.80 Å². The summed E-state index contributed by atoms with van der Waals surface area (Å²) >= 11 is 6.00. The van der Waals surface area contributed by atoms with Gasteiger partial charge in [0.2, 0.25) is 5.28 Å². The van der Waals surface area contributed by atoms with Crippen molar-refractivity contribution in [2.45, 2.75) is 13.8 Å². The maximum atomic E-state index is 6.00. The molecule has 5 nitrogen and oxygen atoms in total. The second kappa shape index (κ2) is 6.48. The first-order chi connectivity index (χ1) is 12.1. The Labute approximate surface area is 152 Å². The summed E-state index contributed by atoms with van der Waals surface area (Å²) in [5.74, 6) is 1.95. The van der Waals surface area contributed by atoms with E-state index in [1.165, 1.54) is 10.9 Å². The Balaban J connectivity index is 1.54. The molecule has 1 aliphatic rings. The van der Waals surface area contributed by atoms with Gasteiger partial charge in [0.15, 0.2) is 0 Å². The Bertz CT molecular complexity index is 899. The van der Waals surface area contributed by atoms with Crippen molar-refractivity contribution in [1.82, 2.24) is 15.0 Å². The zero-order chi connectivity index (χ0) is 17.4. The average molecular weight is 354 g/mol. The number of hydrogen-bond acceptors (Lipinski definition) is 5. The number of aromatic nitrogens is 3. The number of nitrogens with zero attached hydrogens (tertiary/aromatic N) is 5. The van der Waals surface area contributed by atoms with Crippen LogP contribution in [0, 0.1) is 13.8 Å². The quantitative estimate of drug-likeness (QED) is 0.658. The second-order valence-corrected chi connectivity index (χ2v) is 6.76. The average Bonchev–Trinajstić information content (AvgIpc) is 2.61. The van der Waals surface area contributed by atoms with Gasteiger partial charge in [-0.05, 0) is 43.1 Å². The number of rotatable bonds is 2. The van der Waals surface area contributed by atoms with Gasteiger partial charge in [0.25, 0.3) is 0 Å². The van der Waals surface area contributed by atoms with Gasteiger partial charge in [-0.3, -0.25) is 0 Å². The van der Waals surface area contributed by atoms with Crippen molar-refractivity contribution in [2.75, 3.05) is 36.0 Å². The Morgan fingerprint density at radius 1 is 0.840 bits per heavy atom. The molecule has 0 radical (unpaired) electrons. The van der Waals surface area contributed by atoms with E-state index in [9.17, 15) is 0 Å². The van der Waals surface area contributed by atoms with E-state index in [1.807, 2.05) is 19.1 Å². The number of fused-ring (bicyclic) bond motifs is 1. The van der Waals surface area contributed by atoms with Crippen molar-refractivity contribution >= 4 is 34.1 Å². The maximum Gasteiger partial charge on any atom is 0.224 e. The number of para-hydroxylation sites is 1. The fraction of sp³-hybridized carbons (Fsp3) is 0.316. The largest absolute Gasteiger partial charge is 0.353 e. The first-order valence-electron chi connectivity index (χ1n) is 8.47. The zero-order valence-electron chi connectivity index (χ0n) is 14.4. The molecule has 0 spiro atoms. The molecule has 0 aliphatic carbocycles. The summed E-state index contributed by atoms with van der Waals surface area (Å²) in [5, 5.41) is 1.53. The lowest BCUT2D eigenvalue weighted by molar-refractivity contribution is 0.641. The smallest absolute Gasteiger partial charge is 0.224 e. The molecule has 1 fully saturated rings. The molecular formula is C19H20ClN5. The highest BCUT2D eigenvalue weighted by Crippen LogP contribution is 2.24. The van der Waals surface area contributed by atoms with Gasteiger partial charge in [-0.25, -0.2) is 15.0 Å². The fourth-order valence-electron chi connectivity index (χ4n) is 3.34. The highest BCUT2D eigenvalue weighted by molar-refractivity contribution is 6.28. The van der Waals surface area contributed by atoms with Crippen LogP contribution in [0.1, 0.15) is 11.3 Å². The van der Waals surface area contributed by atoms with E-state index < -0.39 is 0 Å². The topological polar surface area (TPSA) is 45.2 Å². The molecule has 1 saturated heterocycles. The Morgan fingerprint density at radius 3 is 2.16 bits per heavy atom. The molecule has 1 aliphatic heterocycles. The number of benzene rings is 1. The third-order valence-electron chi connectivity index (χ3n) is 4.65. The third-order valence-corrected chi connectivity index (χ3v) is 4.82. The minimum Gasteiger partial charge on any atom is -0.353 e. The molecule has 2 aromatic heterocycles. The van der Waals surface area contributed by atoms with Crippen LogP contribution in [0.25, 0.3) is 10.9 Å². The van der Waals surface area contributed by atoms with Crippen LogP contribution >= 0.6 is 11.6 Å². The van der Waals surface area contributed by atoms with E-state index in [-0.39, 0.29) is 0 Å². The molecule has 1 aromatic carbocycles. The molecule has 0 saturated carbocycles. The molecule has 0 bridgehead atoms.